The Bertz CT molecular complexity index is 1210. The lowest BCUT2D eigenvalue weighted by atomic mass is 10.1. The fourth-order valence-corrected chi connectivity index (χ4v) is 3.35. The van der Waals surface area contributed by atoms with Crippen LogP contribution in [0.1, 0.15) is 29.9 Å². The first kappa shape index (κ1) is 18.0. The molecule has 0 saturated carbocycles. The molecule has 142 valence electrons. The smallest absolute Gasteiger partial charge is 0.338 e. The van der Waals surface area contributed by atoms with Crippen molar-refractivity contribution in [2.45, 2.75) is 26.5 Å². The van der Waals surface area contributed by atoms with Gasteiger partial charge in [-0.1, -0.05) is 12.1 Å². The van der Waals surface area contributed by atoms with Crippen molar-refractivity contribution in [2.75, 3.05) is 0 Å². The van der Waals surface area contributed by atoms with Gasteiger partial charge in [0.1, 0.15) is 6.54 Å². The van der Waals surface area contributed by atoms with Gasteiger partial charge in [0.05, 0.1) is 17.4 Å². The van der Waals surface area contributed by atoms with Crippen LogP contribution in [0.15, 0.2) is 46.7 Å². The molecule has 0 amide bonds. The summed E-state index contributed by atoms with van der Waals surface area (Å²) in [4.78, 5) is 30.6. The maximum absolute atomic E-state index is 12.1. The van der Waals surface area contributed by atoms with Crippen LogP contribution in [0.4, 0.5) is 0 Å². The Hall–Kier alpha value is -3.40. The zero-order chi connectivity index (χ0) is 19.7. The van der Waals surface area contributed by atoms with E-state index in [-0.39, 0.29) is 18.2 Å². The lowest BCUT2D eigenvalue weighted by Crippen LogP contribution is -2.15. The summed E-state index contributed by atoms with van der Waals surface area (Å²) < 4.78 is 6.69. The molecule has 9 nitrogen and oxygen atoms in total. The number of hydrogen-bond acceptors (Lipinski definition) is 8. The summed E-state index contributed by atoms with van der Waals surface area (Å²) in [6, 6.07) is 8.31. The number of carbonyl (C=O) groups excluding carboxylic acids is 1. The number of thiazole rings is 1. The van der Waals surface area contributed by atoms with Gasteiger partial charge >= 0.3 is 5.97 Å². The largest absolute Gasteiger partial charge is 0.459 e. The van der Waals surface area contributed by atoms with E-state index in [2.05, 4.69) is 20.4 Å². The third-order valence-electron chi connectivity index (χ3n) is 3.81. The molecular formula is C18H16N6O3S. The second-order valence-electron chi connectivity index (χ2n) is 6.32. The topological polar surface area (TPSA) is 104 Å². The molecule has 3 aromatic heterocycles. The fourth-order valence-electron chi connectivity index (χ4n) is 2.61. The van der Waals surface area contributed by atoms with Gasteiger partial charge in [0.25, 0.3) is 5.56 Å². The lowest BCUT2D eigenvalue weighted by molar-refractivity contribution is 0.0378. The first-order chi connectivity index (χ1) is 13.5. The number of tetrazole rings is 1. The monoisotopic (exact) mass is 396 g/mol. The standard InChI is InChI=1S/C18H16N6O3S/c1-11(2)27-17(26)13-5-3-4-12(8-13)16-20-22-24(21-16)10-14-9-15(25)23-6-7-28-18(23)19-14/h3-9,11H,10H2,1-2H3. The van der Waals surface area contributed by atoms with Gasteiger partial charge in [-0.05, 0) is 31.2 Å². The first-order valence-corrected chi connectivity index (χ1v) is 9.42. The molecule has 0 unspecified atom stereocenters. The molecule has 0 atom stereocenters. The molecule has 28 heavy (non-hydrogen) atoms. The van der Waals surface area contributed by atoms with Crippen molar-refractivity contribution < 1.29 is 9.53 Å². The molecule has 0 aliphatic carbocycles. The highest BCUT2D eigenvalue weighted by Gasteiger charge is 2.13. The number of aromatic nitrogens is 6. The molecule has 0 aliphatic heterocycles. The van der Waals surface area contributed by atoms with Gasteiger partial charge in [0, 0.05) is 23.2 Å². The maximum atomic E-state index is 12.1. The Morgan fingerprint density at radius 1 is 1.29 bits per heavy atom. The van der Waals surface area contributed by atoms with Gasteiger partial charge in [-0.2, -0.15) is 4.80 Å². The van der Waals surface area contributed by atoms with Crippen molar-refractivity contribution in [3.8, 4) is 11.4 Å². The van der Waals surface area contributed by atoms with Crippen molar-refractivity contribution in [2.24, 2.45) is 0 Å². The Balaban J connectivity index is 1.57. The minimum Gasteiger partial charge on any atom is -0.459 e. The highest BCUT2D eigenvalue weighted by Crippen LogP contribution is 2.17. The van der Waals surface area contributed by atoms with E-state index in [0.29, 0.717) is 27.6 Å². The third-order valence-corrected chi connectivity index (χ3v) is 4.57. The van der Waals surface area contributed by atoms with Gasteiger partial charge < -0.3 is 4.74 Å². The third kappa shape index (κ3) is 3.67. The van der Waals surface area contributed by atoms with Crippen LogP contribution >= 0.6 is 11.3 Å². The molecule has 1 aromatic carbocycles. The molecule has 0 radical (unpaired) electrons. The maximum Gasteiger partial charge on any atom is 0.338 e. The molecule has 0 aliphatic rings. The van der Waals surface area contributed by atoms with Crippen LogP contribution in [0, 0.1) is 0 Å². The van der Waals surface area contributed by atoms with Crippen molar-refractivity contribution in [1.82, 2.24) is 29.6 Å². The van der Waals surface area contributed by atoms with Gasteiger partial charge in [-0.3, -0.25) is 9.20 Å². The summed E-state index contributed by atoms with van der Waals surface area (Å²) in [6.07, 6.45) is 1.48. The molecule has 3 heterocycles. The quantitative estimate of drug-likeness (QED) is 0.475. The number of rotatable bonds is 5. The number of esters is 1. The van der Waals surface area contributed by atoms with E-state index in [4.69, 9.17) is 4.74 Å². The SMILES string of the molecule is CC(C)OC(=O)c1cccc(-c2nnn(Cc3cc(=O)n4ccsc4n3)n2)c1. The fraction of sp³-hybridized carbons (Fsp3) is 0.222. The first-order valence-electron chi connectivity index (χ1n) is 8.54. The lowest BCUT2D eigenvalue weighted by Gasteiger charge is -2.08. The summed E-state index contributed by atoms with van der Waals surface area (Å²) >= 11 is 1.38. The zero-order valence-corrected chi connectivity index (χ0v) is 16.0. The van der Waals surface area contributed by atoms with Crippen LogP contribution in [0.2, 0.25) is 0 Å². The molecule has 0 saturated heterocycles. The molecule has 4 aromatic rings. The highest BCUT2D eigenvalue weighted by molar-refractivity contribution is 7.15. The second-order valence-corrected chi connectivity index (χ2v) is 7.19. The van der Waals surface area contributed by atoms with Gasteiger partial charge in [0.15, 0.2) is 4.96 Å². The van der Waals surface area contributed by atoms with E-state index in [9.17, 15) is 9.59 Å². The number of benzene rings is 1. The molecule has 0 bridgehead atoms. The van der Waals surface area contributed by atoms with Crippen molar-refractivity contribution in [3.05, 3.63) is 63.5 Å². The van der Waals surface area contributed by atoms with Gasteiger partial charge in [0.2, 0.25) is 5.82 Å². The summed E-state index contributed by atoms with van der Waals surface area (Å²) in [5, 5.41) is 14.2. The molecule has 0 fully saturated rings. The number of fused-ring (bicyclic) bond motifs is 1. The van der Waals surface area contributed by atoms with E-state index < -0.39 is 5.97 Å². The average molecular weight is 396 g/mol. The van der Waals surface area contributed by atoms with Crippen molar-refractivity contribution in [1.29, 1.82) is 0 Å². The Kier molecular flexibility index (Phi) is 4.70. The van der Waals surface area contributed by atoms with Crippen LogP contribution in [-0.2, 0) is 11.3 Å². The molecule has 0 N–H and O–H groups in total. The zero-order valence-electron chi connectivity index (χ0n) is 15.1. The van der Waals surface area contributed by atoms with Crippen LogP contribution < -0.4 is 5.56 Å². The van der Waals surface area contributed by atoms with E-state index >= 15 is 0 Å². The number of ether oxygens (including phenoxy) is 1. The Morgan fingerprint density at radius 2 is 2.14 bits per heavy atom. The predicted molar refractivity (Wildman–Crippen MR) is 102 cm³/mol. The number of nitrogens with zero attached hydrogens (tertiary/aromatic N) is 6. The Labute approximate surface area is 163 Å². The Morgan fingerprint density at radius 3 is 2.96 bits per heavy atom. The van der Waals surface area contributed by atoms with E-state index in [0.717, 1.165) is 0 Å². The van der Waals surface area contributed by atoms with E-state index in [1.54, 1.807) is 49.7 Å². The van der Waals surface area contributed by atoms with Crippen molar-refractivity contribution in [3.63, 3.8) is 0 Å². The van der Waals surface area contributed by atoms with E-state index in [1.165, 1.54) is 26.6 Å². The summed E-state index contributed by atoms with van der Waals surface area (Å²) in [6.45, 7) is 3.80. The molecule has 0 spiro atoms. The average Bonchev–Trinajstić information content (AvgIpc) is 3.31. The van der Waals surface area contributed by atoms with E-state index in [1.807, 2.05) is 0 Å². The normalized spacial score (nSPS) is 11.2. The van der Waals surface area contributed by atoms with Crippen LogP contribution in [0.5, 0.6) is 0 Å². The summed E-state index contributed by atoms with van der Waals surface area (Å²) in [5.41, 5.74) is 1.45. The number of hydrogen-bond donors (Lipinski definition) is 0. The number of carbonyl (C=O) groups is 1. The summed E-state index contributed by atoms with van der Waals surface area (Å²) in [7, 11) is 0. The minimum absolute atomic E-state index is 0.155. The van der Waals surface area contributed by atoms with Gasteiger partial charge in [-0.15, -0.1) is 21.5 Å². The van der Waals surface area contributed by atoms with Crippen molar-refractivity contribution >= 4 is 22.3 Å². The second kappa shape index (κ2) is 7.31. The minimum atomic E-state index is -0.404. The highest BCUT2D eigenvalue weighted by atomic mass is 32.1. The van der Waals surface area contributed by atoms with Crippen LogP contribution in [-0.4, -0.2) is 41.7 Å². The summed E-state index contributed by atoms with van der Waals surface area (Å²) in [5.74, 6) is -0.0358. The van der Waals surface area contributed by atoms with Crippen LogP contribution in [0.3, 0.4) is 0 Å². The molecule has 4 rings (SSSR count). The predicted octanol–water partition coefficient (Wildman–Crippen LogP) is 2.02. The van der Waals surface area contributed by atoms with Crippen LogP contribution in [0.25, 0.3) is 16.3 Å². The van der Waals surface area contributed by atoms with Gasteiger partial charge in [-0.25, -0.2) is 9.78 Å². The molecule has 10 heteroatoms. The molecular weight excluding hydrogens is 380 g/mol.